The van der Waals surface area contributed by atoms with E-state index < -0.39 is 0 Å². The van der Waals surface area contributed by atoms with Crippen LogP contribution in [0.25, 0.3) is 0 Å². The molecule has 0 aliphatic heterocycles. The maximum atomic E-state index is 11.7. The highest BCUT2D eigenvalue weighted by atomic mass is 32.2. The van der Waals surface area contributed by atoms with E-state index in [-0.39, 0.29) is 5.91 Å². The lowest BCUT2D eigenvalue weighted by Gasteiger charge is -2.05. The predicted molar refractivity (Wildman–Crippen MR) is 73.3 cm³/mol. The number of H-pyrrole nitrogens is 1. The smallest absolute Gasteiger partial charge is 0.225 e. The normalized spacial score (nSPS) is 10.2. The molecule has 0 saturated carbocycles. The first-order valence-corrected chi connectivity index (χ1v) is 6.68. The van der Waals surface area contributed by atoms with Crippen molar-refractivity contribution in [3.63, 3.8) is 0 Å². The van der Waals surface area contributed by atoms with Gasteiger partial charge >= 0.3 is 0 Å². The van der Waals surface area contributed by atoms with E-state index in [2.05, 4.69) is 20.5 Å². The van der Waals surface area contributed by atoms with Gasteiger partial charge in [-0.1, -0.05) is 11.8 Å². The number of benzene rings is 1. The SMILES string of the molecule is COc1ccc(NC(=O)CCSc2ncn[nH]2)cc1. The first-order valence-electron chi connectivity index (χ1n) is 5.70. The number of anilines is 1. The van der Waals surface area contributed by atoms with Gasteiger partial charge in [0, 0.05) is 17.9 Å². The van der Waals surface area contributed by atoms with Gasteiger partial charge in [0.25, 0.3) is 0 Å². The number of carbonyl (C=O) groups excluding carboxylic acids is 1. The Kier molecular flexibility index (Phi) is 4.79. The molecule has 100 valence electrons. The van der Waals surface area contributed by atoms with Crippen LogP contribution >= 0.6 is 11.8 Å². The third kappa shape index (κ3) is 4.29. The van der Waals surface area contributed by atoms with E-state index >= 15 is 0 Å². The molecule has 0 bridgehead atoms. The Balaban J connectivity index is 1.74. The highest BCUT2D eigenvalue weighted by molar-refractivity contribution is 7.99. The van der Waals surface area contributed by atoms with Gasteiger partial charge in [-0.3, -0.25) is 9.89 Å². The van der Waals surface area contributed by atoms with E-state index in [4.69, 9.17) is 4.74 Å². The number of nitrogens with zero attached hydrogens (tertiary/aromatic N) is 2. The number of hydrogen-bond acceptors (Lipinski definition) is 5. The van der Waals surface area contributed by atoms with Crippen molar-refractivity contribution in [1.82, 2.24) is 15.2 Å². The van der Waals surface area contributed by atoms with Crippen LogP contribution in [-0.2, 0) is 4.79 Å². The molecule has 2 rings (SSSR count). The number of rotatable bonds is 6. The zero-order valence-electron chi connectivity index (χ0n) is 10.4. The summed E-state index contributed by atoms with van der Waals surface area (Å²) in [6.07, 6.45) is 1.86. The van der Waals surface area contributed by atoms with E-state index in [1.807, 2.05) is 0 Å². The molecule has 0 atom stereocenters. The number of methoxy groups -OCH3 is 1. The standard InChI is InChI=1S/C12H14N4O2S/c1-18-10-4-2-9(3-5-10)15-11(17)6-7-19-12-13-8-14-16-12/h2-5,8H,6-7H2,1H3,(H,15,17)(H,13,14,16). The Morgan fingerprint density at radius 2 is 2.21 bits per heavy atom. The van der Waals surface area contributed by atoms with Crippen molar-refractivity contribution in [2.75, 3.05) is 18.2 Å². The molecular weight excluding hydrogens is 264 g/mol. The van der Waals surface area contributed by atoms with E-state index in [1.54, 1.807) is 31.4 Å². The topological polar surface area (TPSA) is 79.9 Å². The lowest BCUT2D eigenvalue weighted by molar-refractivity contribution is -0.115. The lowest BCUT2D eigenvalue weighted by atomic mass is 10.3. The maximum absolute atomic E-state index is 11.7. The number of nitrogens with one attached hydrogen (secondary N) is 2. The van der Waals surface area contributed by atoms with Crippen LogP contribution in [0.3, 0.4) is 0 Å². The number of ether oxygens (including phenoxy) is 1. The molecule has 0 aliphatic rings. The minimum Gasteiger partial charge on any atom is -0.497 e. The molecule has 19 heavy (non-hydrogen) atoms. The maximum Gasteiger partial charge on any atom is 0.225 e. The summed E-state index contributed by atoms with van der Waals surface area (Å²) >= 11 is 1.46. The lowest BCUT2D eigenvalue weighted by Crippen LogP contribution is -2.12. The van der Waals surface area contributed by atoms with Gasteiger partial charge in [0.2, 0.25) is 5.91 Å². The molecule has 2 aromatic rings. The number of hydrogen-bond donors (Lipinski definition) is 2. The highest BCUT2D eigenvalue weighted by Crippen LogP contribution is 2.16. The second-order valence-corrected chi connectivity index (χ2v) is 4.75. The quantitative estimate of drug-likeness (QED) is 0.789. The third-order valence-corrected chi connectivity index (χ3v) is 3.21. The van der Waals surface area contributed by atoms with Crippen molar-refractivity contribution < 1.29 is 9.53 Å². The zero-order valence-corrected chi connectivity index (χ0v) is 11.2. The summed E-state index contributed by atoms with van der Waals surface area (Å²) in [4.78, 5) is 15.7. The van der Waals surface area contributed by atoms with Crippen LogP contribution in [0.5, 0.6) is 5.75 Å². The zero-order chi connectivity index (χ0) is 13.5. The Labute approximate surface area is 115 Å². The molecule has 0 aliphatic carbocycles. The van der Waals surface area contributed by atoms with E-state index in [0.717, 1.165) is 16.6 Å². The Morgan fingerprint density at radius 1 is 1.42 bits per heavy atom. The van der Waals surface area contributed by atoms with Crippen molar-refractivity contribution in [2.45, 2.75) is 11.6 Å². The fourth-order valence-corrected chi connectivity index (χ4v) is 2.12. The number of aromatic amines is 1. The van der Waals surface area contributed by atoms with Gasteiger partial charge in [0.05, 0.1) is 7.11 Å². The van der Waals surface area contributed by atoms with Gasteiger partial charge in [0.15, 0.2) is 5.16 Å². The van der Waals surface area contributed by atoms with Crippen LogP contribution in [-0.4, -0.2) is 34.0 Å². The van der Waals surface area contributed by atoms with Crippen LogP contribution in [0.2, 0.25) is 0 Å². The van der Waals surface area contributed by atoms with Gasteiger partial charge in [-0.05, 0) is 24.3 Å². The number of aromatic nitrogens is 3. The fourth-order valence-electron chi connectivity index (χ4n) is 1.40. The molecule has 6 nitrogen and oxygen atoms in total. The number of carbonyl (C=O) groups is 1. The van der Waals surface area contributed by atoms with Crippen LogP contribution < -0.4 is 10.1 Å². The Morgan fingerprint density at radius 3 is 2.84 bits per heavy atom. The van der Waals surface area contributed by atoms with Crippen molar-refractivity contribution in [3.8, 4) is 5.75 Å². The summed E-state index contributed by atoms with van der Waals surface area (Å²) in [5.74, 6) is 1.38. The van der Waals surface area contributed by atoms with Crippen molar-refractivity contribution in [3.05, 3.63) is 30.6 Å². The Hall–Kier alpha value is -2.02. The summed E-state index contributed by atoms with van der Waals surface area (Å²) in [5.41, 5.74) is 0.760. The Bertz CT molecular complexity index is 513. The van der Waals surface area contributed by atoms with Crippen LogP contribution in [0.1, 0.15) is 6.42 Å². The monoisotopic (exact) mass is 278 g/mol. The number of amides is 1. The third-order valence-electron chi connectivity index (χ3n) is 2.33. The average molecular weight is 278 g/mol. The molecular formula is C12H14N4O2S. The van der Waals surface area contributed by atoms with Crippen LogP contribution in [0.4, 0.5) is 5.69 Å². The summed E-state index contributed by atoms with van der Waals surface area (Å²) in [6, 6.07) is 7.22. The summed E-state index contributed by atoms with van der Waals surface area (Å²) < 4.78 is 5.05. The number of thioether (sulfide) groups is 1. The summed E-state index contributed by atoms with van der Waals surface area (Å²) in [5, 5.41) is 10.0. The van der Waals surface area contributed by atoms with Crippen molar-refractivity contribution in [1.29, 1.82) is 0 Å². The summed E-state index contributed by atoms with van der Waals surface area (Å²) in [7, 11) is 1.61. The molecule has 0 saturated heterocycles. The molecule has 0 unspecified atom stereocenters. The highest BCUT2D eigenvalue weighted by Gasteiger charge is 2.04. The first-order chi connectivity index (χ1) is 9.28. The van der Waals surface area contributed by atoms with E-state index in [0.29, 0.717) is 12.2 Å². The van der Waals surface area contributed by atoms with Gasteiger partial charge in [-0.25, -0.2) is 4.98 Å². The van der Waals surface area contributed by atoms with Gasteiger partial charge in [-0.2, -0.15) is 5.10 Å². The molecule has 7 heteroatoms. The van der Waals surface area contributed by atoms with Crippen LogP contribution in [0.15, 0.2) is 35.7 Å². The average Bonchev–Trinajstić information content (AvgIpc) is 2.93. The van der Waals surface area contributed by atoms with E-state index in [1.165, 1.54) is 18.1 Å². The minimum atomic E-state index is -0.0304. The van der Waals surface area contributed by atoms with Crippen molar-refractivity contribution >= 4 is 23.4 Å². The second-order valence-electron chi connectivity index (χ2n) is 3.67. The summed E-state index contributed by atoms with van der Waals surface area (Å²) in [6.45, 7) is 0. The van der Waals surface area contributed by atoms with E-state index in [9.17, 15) is 4.79 Å². The first kappa shape index (κ1) is 13.4. The second kappa shape index (κ2) is 6.79. The van der Waals surface area contributed by atoms with Gasteiger partial charge in [0.1, 0.15) is 12.1 Å². The molecule has 0 radical (unpaired) electrons. The molecule has 2 N–H and O–H groups in total. The molecule has 1 aromatic heterocycles. The predicted octanol–water partition coefficient (Wildman–Crippen LogP) is 1.93. The largest absolute Gasteiger partial charge is 0.497 e. The van der Waals surface area contributed by atoms with Gasteiger partial charge < -0.3 is 10.1 Å². The van der Waals surface area contributed by atoms with Crippen molar-refractivity contribution in [2.24, 2.45) is 0 Å². The molecule has 1 aromatic carbocycles. The van der Waals surface area contributed by atoms with Crippen LogP contribution in [0, 0.1) is 0 Å². The minimum absolute atomic E-state index is 0.0304. The molecule has 1 amide bonds. The molecule has 0 fully saturated rings. The fraction of sp³-hybridized carbons (Fsp3) is 0.250. The van der Waals surface area contributed by atoms with Gasteiger partial charge in [-0.15, -0.1) is 0 Å². The molecule has 0 spiro atoms. The molecule has 1 heterocycles.